The largest absolute Gasteiger partial charge is 0.481 e. The summed E-state index contributed by atoms with van der Waals surface area (Å²) in [5.74, 6) is 0.564. The third-order valence-corrected chi connectivity index (χ3v) is 4.17. The Morgan fingerprint density at radius 2 is 2.00 bits per heavy atom. The van der Waals surface area contributed by atoms with Crippen molar-refractivity contribution in [3.8, 4) is 5.88 Å². The van der Waals surface area contributed by atoms with Gasteiger partial charge in [0.25, 0.3) is 0 Å². The standard InChI is InChI=1S/C12H11BrN2OS/c1-16-11-7-6-9(14)12(15-11)17-10-5-3-2-4-8(10)13/h2-7H,14H2,1H3. The molecule has 17 heavy (non-hydrogen) atoms. The molecule has 0 spiro atoms. The highest BCUT2D eigenvalue weighted by Crippen LogP contribution is 2.35. The third kappa shape index (κ3) is 2.92. The zero-order valence-electron chi connectivity index (χ0n) is 9.18. The number of nitrogens with zero attached hydrogens (tertiary/aromatic N) is 1. The molecule has 0 amide bonds. The van der Waals surface area contributed by atoms with Gasteiger partial charge in [-0.2, -0.15) is 0 Å². The molecule has 0 atom stereocenters. The summed E-state index contributed by atoms with van der Waals surface area (Å²) in [6.45, 7) is 0. The fourth-order valence-electron chi connectivity index (χ4n) is 1.26. The van der Waals surface area contributed by atoms with Crippen LogP contribution < -0.4 is 10.5 Å². The van der Waals surface area contributed by atoms with E-state index in [-0.39, 0.29) is 0 Å². The molecule has 1 heterocycles. The van der Waals surface area contributed by atoms with Crippen molar-refractivity contribution in [2.45, 2.75) is 9.92 Å². The fourth-order valence-corrected chi connectivity index (χ4v) is 2.63. The maximum atomic E-state index is 5.89. The number of nitrogen functional groups attached to an aromatic ring is 1. The number of rotatable bonds is 3. The van der Waals surface area contributed by atoms with E-state index in [0.717, 1.165) is 14.4 Å². The Kier molecular flexibility index (Phi) is 3.91. The molecule has 0 unspecified atom stereocenters. The minimum Gasteiger partial charge on any atom is -0.481 e. The number of benzene rings is 1. The average molecular weight is 311 g/mol. The molecule has 1 aromatic heterocycles. The van der Waals surface area contributed by atoms with Crippen molar-refractivity contribution in [1.82, 2.24) is 4.98 Å². The van der Waals surface area contributed by atoms with Gasteiger partial charge in [0.1, 0.15) is 5.03 Å². The van der Waals surface area contributed by atoms with E-state index in [4.69, 9.17) is 10.5 Å². The van der Waals surface area contributed by atoms with Crippen molar-refractivity contribution in [1.29, 1.82) is 0 Å². The SMILES string of the molecule is COc1ccc(N)c(Sc2ccccc2Br)n1. The summed E-state index contributed by atoms with van der Waals surface area (Å²) >= 11 is 5.00. The van der Waals surface area contributed by atoms with E-state index >= 15 is 0 Å². The molecule has 0 aliphatic carbocycles. The molecule has 2 N–H and O–H groups in total. The lowest BCUT2D eigenvalue weighted by Crippen LogP contribution is -1.94. The van der Waals surface area contributed by atoms with Crippen LogP contribution in [0.2, 0.25) is 0 Å². The topological polar surface area (TPSA) is 48.1 Å². The van der Waals surface area contributed by atoms with Gasteiger partial charge in [-0.15, -0.1) is 0 Å². The van der Waals surface area contributed by atoms with Crippen LogP contribution in [-0.4, -0.2) is 12.1 Å². The monoisotopic (exact) mass is 310 g/mol. The van der Waals surface area contributed by atoms with Crippen LogP contribution in [0.3, 0.4) is 0 Å². The van der Waals surface area contributed by atoms with Gasteiger partial charge in [0.2, 0.25) is 5.88 Å². The van der Waals surface area contributed by atoms with Crippen molar-refractivity contribution >= 4 is 33.4 Å². The van der Waals surface area contributed by atoms with Gasteiger partial charge in [-0.3, -0.25) is 0 Å². The summed E-state index contributed by atoms with van der Waals surface area (Å²) in [5, 5.41) is 0.747. The smallest absolute Gasteiger partial charge is 0.214 e. The van der Waals surface area contributed by atoms with E-state index in [1.165, 1.54) is 11.8 Å². The van der Waals surface area contributed by atoms with Crippen LogP contribution in [0, 0.1) is 0 Å². The second-order valence-corrected chi connectivity index (χ2v) is 5.17. The summed E-state index contributed by atoms with van der Waals surface area (Å²) in [6, 6.07) is 11.5. The molecule has 0 aliphatic heterocycles. The Bertz CT molecular complexity index is 534. The first-order valence-electron chi connectivity index (χ1n) is 4.93. The molecule has 2 aromatic rings. The van der Waals surface area contributed by atoms with Crippen molar-refractivity contribution in [3.63, 3.8) is 0 Å². The molecule has 2 rings (SSSR count). The van der Waals surface area contributed by atoms with E-state index in [1.54, 1.807) is 19.2 Å². The van der Waals surface area contributed by atoms with Crippen molar-refractivity contribution in [2.75, 3.05) is 12.8 Å². The molecule has 88 valence electrons. The van der Waals surface area contributed by atoms with Crippen molar-refractivity contribution < 1.29 is 4.74 Å². The Balaban J connectivity index is 2.32. The summed E-state index contributed by atoms with van der Waals surface area (Å²) in [4.78, 5) is 5.39. The van der Waals surface area contributed by atoms with E-state index < -0.39 is 0 Å². The van der Waals surface area contributed by atoms with Gasteiger partial charge in [-0.05, 0) is 34.1 Å². The lowest BCUT2D eigenvalue weighted by atomic mass is 10.4. The quantitative estimate of drug-likeness (QED) is 0.941. The molecule has 5 heteroatoms. The Hall–Kier alpha value is -1.20. The highest BCUT2D eigenvalue weighted by atomic mass is 79.9. The van der Waals surface area contributed by atoms with Crippen LogP contribution in [0.5, 0.6) is 5.88 Å². The summed E-state index contributed by atoms with van der Waals surface area (Å²) in [5.41, 5.74) is 6.53. The first-order chi connectivity index (χ1) is 8.20. The van der Waals surface area contributed by atoms with Crippen molar-refractivity contribution in [2.24, 2.45) is 0 Å². The molecule has 0 radical (unpaired) electrons. The normalized spacial score (nSPS) is 10.2. The van der Waals surface area contributed by atoms with Gasteiger partial charge >= 0.3 is 0 Å². The Labute approximate surface area is 113 Å². The van der Waals surface area contributed by atoms with E-state index in [2.05, 4.69) is 20.9 Å². The lowest BCUT2D eigenvalue weighted by Gasteiger charge is -2.07. The first-order valence-corrected chi connectivity index (χ1v) is 6.54. The zero-order valence-corrected chi connectivity index (χ0v) is 11.6. The van der Waals surface area contributed by atoms with Crippen molar-refractivity contribution in [3.05, 3.63) is 40.9 Å². The molecule has 0 aliphatic rings. The van der Waals surface area contributed by atoms with Crippen LogP contribution in [0.4, 0.5) is 5.69 Å². The number of hydrogen-bond acceptors (Lipinski definition) is 4. The number of ether oxygens (including phenoxy) is 1. The fraction of sp³-hybridized carbons (Fsp3) is 0.0833. The third-order valence-electron chi connectivity index (χ3n) is 2.12. The molecule has 0 saturated carbocycles. The van der Waals surface area contributed by atoms with E-state index in [0.29, 0.717) is 11.6 Å². The predicted molar refractivity (Wildman–Crippen MR) is 73.5 cm³/mol. The average Bonchev–Trinajstić information content (AvgIpc) is 2.35. The maximum Gasteiger partial charge on any atom is 0.214 e. The number of pyridine rings is 1. The summed E-state index contributed by atoms with van der Waals surface area (Å²) in [6.07, 6.45) is 0. The zero-order chi connectivity index (χ0) is 12.3. The first kappa shape index (κ1) is 12.3. The number of anilines is 1. The van der Waals surface area contributed by atoms with Crippen LogP contribution in [0.1, 0.15) is 0 Å². The molecule has 0 bridgehead atoms. The number of halogens is 1. The Morgan fingerprint density at radius 3 is 2.71 bits per heavy atom. The highest BCUT2D eigenvalue weighted by Gasteiger charge is 2.07. The van der Waals surface area contributed by atoms with E-state index in [1.807, 2.05) is 24.3 Å². The van der Waals surface area contributed by atoms with Gasteiger partial charge in [-0.25, -0.2) is 4.98 Å². The van der Waals surface area contributed by atoms with Gasteiger partial charge in [-0.1, -0.05) is 23.9 Å². The van der Waals surface area contributed by atoms with Gasteiger partial charge < -0.3 is 10.5 Å². The van der Waals surface area contributed by atoms with Crippen LogP contribution in [-0.2, 0) is 0 Å². The molecule has 1 aromatic carbocycles. The van der Waals surface area contributed by atoms with Crippen LogP contribution in [0.25, 0.3) is 0 Å². The molecule has 0 fully saturated rings. The predicted octanol–water partition coefficient (Wildman–Crippen LogP) is 3.59. The Morgan fingerprint density at radius 1 is 1.24 bits per heavy atom. The summed E-state index contributed by atoms with van der Waals surface area (Å²) in [7, 11) is 1.59. The second-order valence-electron chi connectivity index (χ2n) is 3.28. The van der Waals surface area contributed by atoms with Gasteiger partial charge in [0.05, 0.1) is 12.8 Å². The molecular formula is C12H11BrN2OS. The maximum absolute atomic E-state index is 5.89. The minimum atomic E-state index is 0.564. The molecule has 3 nitrogen and oxygen atoms in total. The lowest BCUT2D eigenvalue weighted by molar-refractivity contribution is 0.395. The minimum absolute atomic E-state index is 0.564. The molecule has 0 saturated heterocycles. The number of aromatic nitrogens is 1. The highest BCUT2D eigenvalue weighted by molar-refractivity contribution is 9.10. The number of hydrogen-bond donors (Lipinski definition) is 1. The van der Waals surface area contributed by atoms with Crippen LogP contribution >= 0.6 is 27.7 Å². The summed E-state index contributed by atoms with van der Waals surface area (Å²) < 4.78 is 6.11. The molecular weight excluding hydrogens is 300 g/mol. The van der Waals surface area contributed by atoms with Crippen LogP contribution in [0.15, 0.2) is 50.8 Å². The number of nitrogens with two attached hydrogens (primary N) is 1. The van der Waals surface area contributed by atoms with E-state index in [9.17, 15) is 0 Å². The van der Waals surface area contributed by atoms with Gasteiger partial charge in [0.15, 0.2) is 0 Å². The number of methoxy groups -OCH3 is 1. The van der Waals surface area contributed by atoms with Gasteiger partial charge in [0, 0.05) is 15.4 Å². The second kappa shape index (κ2) is 5.42.